The Hall–Kier alpha value is -3.61. The van der Waals surface area contributed by atoms with E-state index >= 15 is 0 Å². The van der Waals surface area contributed by atoms with Gasteiger partial charge >= 0.3 is 11.9 Å². The quantitative estimate of drug-likeness (QED) is 0.553. The van der Waals surface area contributed by atoms with Crippen LogP contribution in [0.1, 0.15) is 0 Å². The number of rotatable bonds is 5. The molecule has 0 spiro atoms. The number of anilines is 1. The number of nitrogens with one attached hydrogen (secondary N) is 1. The Balaban J connectivity index is 1.98. The second-order valence-corrected chi connectivity index (χ2v) is 5.76. The van der Waals surface area contributed by atoms with Crippen LogP contribution in [0.15, 0.2) is 60.3 Å². The first-order valence-corrected chi connectivity index (χ1v) is 8.20. The van der Waals surface area contributed by atoms with Gasteiger partial charge in [-0.25, -0.2) is 14.6 Å². The average molecular weight is 365 g/mol. The van der Waals surface area contributed by atoms with Gasteiger partial charge in [-0.2, -0.15) is 0 Å². The van der Waals surface area contributed by atoms with Gasteiger partial charge in [-0.1, -0.05) is 30.3 Å². The van der Waals surface area contributed by atoms with E-state index < -0.39 is 11.9 Å². The number of hydrogen-bond acceptors (Lipinski definition) is 6. The van der Waals surface area contributed by atoms with Gasteiger partial charge in [0, 0.05) is 18.3 Å². The van der Waals surface area contributed by atoms with E-state index in [2.05, 4.69) is 15.0 Å². The van der Waals surface area contributed by atoms with Crippen molar-refractivity contribution in [3.8, 4) is 11.4 Å². The second kappa shape index (κ2) is 7.74. The summed E-state index contributed by atoms with van der Waals surface area (Å²) in [6, 6.07) is 15.4. The number of carbonyl (C=O) groups is 2. The van der Waals surface area contributed by atoms with Gasteiger partial charge in [-0.3, -0.25) is 0 Å². The lowest BCUT2D eigenvalue weighted by Gasteiger charge is -2.09. The van der Waals surface area contributed by atoms with Crippen molar-refractivity contribution in [2.45, 2.75) is 0 Å². The molecule has 2 aromatic carbocycles. The van der Waals surface area contributed by atoms with E-state index in [4.69, 9.17) is 4.74 Å². The molecule has 0 unspecified atom stereocenters. The minimum absolute atomic E-state index is 0.0251. The lowest BCUT2D eigenvalue weighted by molar-refractivity contribution is -0.138. The zero-order valence-corrected chi connectivity index (χ0v) is 15.2. The standard InChI is InChI=1S/C20H19N3O4/c1-23-17-10-9-14(21-16(20(25)27-3)12-18(24)26-2)11-15(17)22-19(23)13-7-5-4-6-8-13/h4-12,21H,1-3H3/b16-12+. The number of fused-ring (bicyclic) bond motifs is 1. The van der Waals surface area contributed by atoms with E-state index in [0.29, 0.717) is 5.69 Å². The molecule has 1 heterocycles. The van der Waals surface area contributed by atoms with Crippen molar-refractivity contribution < 1.29 is 19.1 Å². The van der Waals surface area contributed by atoms with Gasteiger partial charge in [0.2, 0.25) is 0 Å². The molecule has 0 radical (unpaired) electrons. The van der Waals surface area contributed by atoms with Crippen LogP contribution in [0, 0.1) is 0 Å². The van der Waals surface area contributed by atoms with E-state index in [0.717, 1.165) is 28.5 Å². The molecule has 0 aliphatic carbocycles. The molecular formula is C20H19N3O4. The molecule has 0 atom stereocenters. The van der Waals surface area contributed by atoms with Crippen LogP contribution < -0.4 is 5.32 Å². The first kappa shape index (κ1) is 18.2. The number of methoxy groups -OCH3 is 2. The predicted octanol–water partition coefficient (Wildman–Crippen LogP) is 2.88. The Morgan fingerprint density at radius 1 is 1.07 bits per heavy atom. The molecule has 0 fully saturated rings. The van der Waals surface area contributed by atoms with Gasteiger partial charge in [0.15, 0.2) is 0 Å². The van der Waals surface area contributed by atoms with Crippen molar-refractivity contribution in [1.29, 1.82) is 0 Å². The van der Waals surface area contributed by atoms with E-state index in [1.807, 2.05) is 48.0 Å². The largest absolute Gasteiger partial charge is 0.466 e. The summed E-state index contributed by atoms with van der Waals surface area (Å²) < 4.78 is 11.3. The van der Waals surface area contributed by atoms with Crippen molar-refractivity contribution in [2.24, 2.45) is 7.05 Å². The maximum atomic E-state index is 11.9. The third-order valence-electron chi connectivity index (χ3n) is 4.06. The van der Waals surface area contributed by atoms with Crippen LogP contribution in [0.4, 0.5) is 5.69 Å². The highest BCUT2D eigenvalue weighted by Gasteiger charge is 2.14. The summed E-state index contributed by atoms with van der Waals surface area (Å²) in [7, 11) is 4.42. The maximum absolute atomic E-state index is 11.9. The molecule has 0 saturated carbocycles. The molecule has 0 aliphatic rings. The monoisotopic (exact) mass is 365 g/mol. The lowest BCUT2D eigenvalue weighted by Crippen LogP contribution is -2.15. The van der Waals surface area contributed by atoms with E-state index in [1.165, 1.54) is 14.2 Å². The summed E-state index contributed by atoms with van der Waals surface area (Å²) in [4.78, 5) is 28.1. The Morgan fingerprint density at radius 3 is 2.48 bits per heavy atom. The molecule has 1 N–H and O–H groups in total. The van der Waals surface area contributed by atoms with Crippen LogP contribution in [-0.4, -0.2) is 35.7 Å². The molecule has 138 valence electrons. The van der Waals surface area contributed by atoms with Crippen molar-refractivity contribution in [3.63, 3.8) is 0 Å². The van der Waals surface area contributed by atoms with E-state index in [1.54, 1.807) is 12.1 Å². The van der Waals surface area contributed by atoms with Gasteiger partial charge < -0.3 is 19.4 Å². The summed E-state index contributed by atoms with van der Waals surface area (Å²) in [6.07, 6.45) is 1.05. The third kappa shape index (κ3) is 3.82. The zero-order chi connectivity index (χ0) is 19.4. The molecule has 0 aliphatic heterocycles. The molecule has 0 bridgehead atoms. The summed E-state index contributed by atoms with van der Waals surface area (Å²) in [5.74, 6) is -0.499. The molecule has 3 rings (SSSR count). The number of aryl methyl sites for hydroxylation is 1. The van der Waals surface area contributed by atoms with Crippen LogP contribution in [0.2, 0.25) is 0 Å². The predicted molar refractivity (Wildman–Crippen MR) is 102 cm³/mol. The molecular weight excluding hydrogens is 346 g/mol. The highest BCUT2D eigenvalue weighted by molar-refractivity contribution is 5.99. The highest BCUT2D eigenvalue weighted by atomic mass is 16.5. The molecule has 1 aromatic heterocycles. The van der Waals surface area contributed by atoms with E-state index in [9.17, 15) is 9.59 Å². The zero-order valence-electron chi connectivity index (χ0n) is 15.2. The van der Waals surface area contributed by atoms with Gasteiger partial charge in [-0.15, -0.1) is 0 Å². The minimum atomic E-state index is -0.675. The number of hydrogen-bond donors (Lipinski definition) is 1. The fourth-order valence-electron chi connectivity index (χ4n) is 2.71. The Morgan fingerprint density at radius 2 is 1.81 bits per heavy atom. The number of nitrogens with zero attached hydrogens (tertiary/aromatic N) is 2. The minimum Gasteiger partial charge on any atom is -0.466 e. The van der Waals surface area contributed by atoms with Crippen molar-refractivity contribution in [3.05, 3.63) is 60.3 Å². The number of imidazole rings is 1. The van der Waals surface area contributed by atoms with Gasteiger partial charge in [0.05, 0.1) is 31.3 Å². The van der Waals surface area contributed by atoms with Crippen molar-refractivity contribution in [2.75, 3.05) is 19.5 Å². The summed E-state index contributed by atoms with van der Waals surface area (Å²) in [5.41, 5.74) is 3.27. The van der Waals surface area contributed by atoms with Gasteiger partial charge in [0.1, 0.15) is 11.5 Å². The summed E-state index contributed by atoms with van der Waals surface area (Å²) in [5, 5.41) is 2.89. The Labute approximate surface area is 156 Å². The first-order valence-electron chi connectivity index (χ1n) is 8.20. The fraction of sp³-hybridized carbons (Fsp3) is 0.150. The molecule has 0 saturated heterocycles. The van der Waals surface area contributed by atoms with Crippen LogP contribution in [0.3, 0.4) is 0 Å². The number of carbonyl (C=O) groups excluding carboxylic acids is 2. The average Bonchev–Trinajstić information content (AvgIpc) is 3.03. The SMILES string of the molecule is COC(=O)/C=C(/Nc1ccc2c(c1)nc(-c1ccccc1)n2C)C(=O)OC. The Kier molecular flexibility index (Phi) is 5.21. The maximum Gasteiger partial charge on any atom is 0.354 e. The number of benzene rings is 2. The third-order valence-corrected chi connectivity index (χ3v) is 4.06. The van der Waals surface area contributed by atoms with Gasteiger partial charge in [-0.05, 0) is 18.2 Å². The van der Waals surface area contributed by atoms with Crippen LogP contribution in [0.25, 0.3) is 22.4 Å². The van der Waals surface area contributed by atoms with Crippen molar-refractivity contribution >= 4 is 28.7 Å². The number of esters is 2. The smallest absolute Gasteiger partial charge is 0.354 e. The lowest BCUT2D eigenvalue weighted by atomic mass is 10.2. The van der Waals surface area contributed by atoms with Crippen LogP contribution >= 0.6 is 0 Å². The highest BCUT2D eigenvalue weighted by Crippen LogP contribution is 2.26. The van der Waals surface area contributed by atoms with Crippen molar-refractivity contribution in [1.82, 2.24) is 9.55 Å². The normalized spacial score (nSPS) is 11.3. The van der Waals surface area contributed by atoms with Gasteiger partial charge in [0.25, 0.3) is 0 Å². The summed E-state index contributed by atoms with van der Waals surface area (Å²) >= 11 is 0. The molecule has 7 heteroatoms. The second-order valence-electron chi connectivity index (χ2n) is 5.76. The first-order chi connectivity index (χ1) is 13.0. The van der Waals surface area contributed by atoms with Crippen LogP contribution in [0.5, 0.6) is 0 Å². The molecule has 3 aromatic rings. The Bertz CT molecular complexity index is 1020. The molecule has 0 amide bonds. The number of ether oxygens (including phenoxy) is 2. The summed E-state index contributed by atoms with van der Waals surface area (Å²) in [6.45, 7) is 0. The molecule has 27 heavy (non-hydrogen) atoms. The van der Waals surface area contributed by atoms with E-state index in [-0.39, 0.29) is 5.70 Å². The fourth-order valence-corrected chi connectivity index (χ4v) is 2.71. The van der Waals surface area contributed by atoms with Crippen LogP contribution in [-0.2, 0) is 26.1 Å². The topological polar surface area (TPSA) is 82.5 Å². The number of aromatic nitrogens is 2. The molecule has 7 nitrogen and oxygen atoms in total.